The van der Waals surface area contributed by atoms with Gasteiger partial charge in [0.1, 0.15) is 5.75 Å². The molecular formula is C15H19N3O4. The number of hydrogen-bond donors (Lipinski definition) is 0. The largest absolute Gasteiger partial charge is 0.494 e. The third kappa shape index (κ3) is 3.25. The molecule has 118 valence electrons. The van der Waals surface area contributed by atoms with Gasteiger partial charge in [-0.05, 0) is 31.7 Å². The zero-order chi connectivity index (χ0) is 16.3. The second-order valence-corrected chi connectivity index (χ2v) is 5.11. The minimum Gasteiger partial charge on any atom is -0.494 e. The van der Waals surface area contributed by atoms with Crippen LogP contribution in [0.2, 0.25) is 0 Å². The third-order valence-electron chi connectivity index (χ3n) is 3.32. The van der Waals surface area contributed by atoms with Crippen LogP contribution < -0.4 is 4.74 Å². The van der Waals surface area contributed by atoms with E-state index in [4.69, 9.17) is 4.74 Å². The van der Waals surface area contributed by atoms with Gasteiger partial charge in [-0.25, -0.2) is 9.69 Å². The van der Waals surface area contributed by atoms with Crippen LogP contribution >= 0.6 is 0 Å². The van der Waals surface area contributed by atoms with Crippen LogP contribution in [0.3, 0.4) is 0 Å². The van der Waals surface area contributed by atoms with Crippen LogP contribution in [-0.2, 0) is 16.1 Å². The van der Waals surface area contributed by atoms with E-state index in [1.807, 2.05) is 31.2 Å². The molecule has 0 atom stereocenters. The Morgan fingerprint density at radius 3 is 2.23 bits per heavy atom. The number of amides is 4. The Morgan fingerprint density at radius 2 is 1.73 bits per heavy atom. The van der Waals surface area contributed by atoms with Gasteiger partial charge in [-0.2, -0.15) is 0 Å². The molecule has 0 aliphatic carbocycles. The SMILES string of the molecule is CCOc1ccc(CN(C)CN2C(=O)C(=O)N(C)C2=O)cc1. The Morgan fingerprint density at radius 1 is 1.09 bits per heavy atom. The lowest BCUT2D eigenvalue weighted by Gasteiger charge is -2.22. The van der Waals surface area contributed by atoms with Gasteiger partial charge >= 0.3 is 17.8 Å². The Balaban J connectivity index is 1.95. The summed E-state index contributed by atoms with van der Waals surface area (Å²) in [6, 6.07) is 7.00. The van der Waals surface area contributed by atoms with Gasteiger partial charge in [0.25, 0.3) is 0 Å². The smallest absolute Gasteiger partial charge is 0.335 e. The maximum Gasteiger partial charge on any atom is 0.335 e. The number of hydrogen-bond acceptors (Lipinski definition) is 5. The fourth-order valence-electron chi connectivity index (χ4n) is 2.20. The molecule has 0 unspecified atom stereocenters. The van der Waals surface area contributed by atoms with E-state index in [9.17, 15) is 14.4 Å². The predicted molar refractivity (Wildman–Crippen MR) is 79.0 cm³/mol. The van der Waals surface area contributed by atoms with E-state index < -0.39 is 17.8 Å². The Hall–Kier alpha value is -2.41. The van der Waals surface area contributed by atoms with E-state index in [-0.39, 0.29) is 6.67 Å². The van der Waals surface area contributed by atoms with Crippen LogP contribution in [0.25, 0.3) is 0 Å². The monoisotopic (exact) mass is 305 g/mol. The number of carbonyl (C=O) groups is 3. The molecule has 0 N–H and O–H groups in total. The van der Waals surface area contributed by atoms with E-state index in [1.165, 1.54) is 7.05 Å². The number of urea groups is 1. The summed E-state index contributed by atoms with van der Waals surface area (Å²) in [4.78, 5) is 38.5. The summed E-state index contributed by atoms with van der Waals surface area (Å²) in [7, 11) is 3.08. The second-order valence-electron chi connectivity index (χ2n) is 5.11. The van der Waals surface area contributed by atoms with Crippen LogP contribution in [0.15, 0.2) is 24.3 Å². The number of nitrogens with zero attached hydrogens (tertiary/aromatic N) is 3. The zero-order valence-corrected chi connectivity index (χ0v) is 12.9. The normalized spacial score (nSPS) is 15.2. The molecule has 1 aromatic rings. The van der Waals surface area contributed by atoms with Gasteiger partial charge < -0.3 is 4.74 Å². The minimum absolute atomic E-state index is 0.0704. The minimum atomic E-state index is -0.792. The highest BCUT2D eigenvalue weighted by atomic mass is 16.5. The summed E-state index contributed by atoms with van der Waals surface area (Å²) < 4.78 is 5.37. The number of ether oxygens (including phenoxy) is 1. The summed E-state index contributed by atoms with van der Waals surface area (Å²) in [5, 5.41) is 0. The van der Waals surface area contributed by atoms with E-state index in [0.29, 0.717) is 13.2 Å². The number of imide groups is 2. The van der Waals surface area contributed by atoms with Crippen LogP contribution in [0.1, 0.15) is 12.5 Å². The summed E-state index contributed by atoms with van der Waals surface area (Å²) in [6.07, 6.45) is 0. The van der Waals surface area contributed by atoms with Crippen molar-refractivity contribution in [3.8, 4) is 5.75 Å². The molecule has 0 spiro atoms. The maximum atomic E-state index is 11.8. The van der Waals surface area contributed by atoms with Gasteiger partial charge in [-0.3, -0.25) is 19.4 Å². The molecule has 1 aliphatic heterocycles. The number of likely N-dealkylation sites (N-methyl/N-ethyl adjacent to an activating group) is 1. The van der Waals surface area contributed by atoms with E-state index in [1.54, 1.807) is 11.9 Å². The van der Waals surface area contributed by atoms with Crippen molar-refractivity contribution in [3.05, 3.63) is 29.8 Å². The highest BCUT2D eigenvalue weighted by Crippen LogP contribution is 2.15. The molecule has 1 aromatic carbocycles. The lowest BCUT2D eigenvalue weighted by Crippen LogP contribution is -2.40. The van der Waals surface area contributed by atoms with Gasteiger partial charge in [-0.1, -0.05) is 12.1 Å². The predicted octanol–water partition coefficient (Wildman–Crippen LogP) is 0.895. The van der Waals surface area contributed by atoms with Crippen molar-refractivity contribution in [1.82, 2.24) is 14.7 Å². The van der Waals surface area contributed by atoms with Gasteiger partial charge in [0.2, 0.25) is 0 Å². The second kappa shape index (κ2) is 6.57. The highest BCUT2D eigenvalue weighted by molar-refractivity contribution is 6.44. The van der Waals surface area contributed by atoms with Crippen molar-refractivity contribution in [2.75, 3.05) is 27.4 Å². The summed E-state index contributed by atoms with van der Waals surface area (Å²) in [6.45, 7) is 3.15. The number of rotatable bonds is 6. The van der Waals surface area contributed by atoms with Crippen molar-refractivity contribution in [2.24, 2.45) is 0 Å². The van der Waals surface area contributed by atoms with Crippen molar-refractivity contribution in [3.63, 3.8) is 0 Å². The molecule has 4 amide bonds. The van der Waals surface area contributed by atoms with Crippen LogP contribution in [0.5, 0.6) is 5.75 Å². The molecule has 7 nitrogen and oxygen atoms in total. The molecule has 7 heteroatoms. The van der Waals surface area contributed by atoms with Crippen LogP contribution in [0.4, 0.5) is 4.79 Å². The topological polar surface area (TPSA) is 70.2 Å². The number of benzene rings is 1. The zero-order valence-electron chi connectivity index (χ0n) is 12.9. The maximum absolute atomic E-state index is 11.8. The fourth-order valence-corrected chi connectivity index (χ4v) is 2.20. The summed E-state index contributed by atoms with van der Waals surface area (Å²) in [5.74, 6) is -0.781. The third-order valence-corrected chi connectivity index (χ3v) is 3.32. The lowest BCUT2D eigenvalue weighted by molar-refractivity contribution is -0.143. The molecule has 1 heterocycles. The fraction of sp³-hybridized carbons (Fsp3) is 0.400. The first-order valence-corrected chi connectivity index (χ1v) is 6.97. The molecule has 22 heavy (non-hydrogen) atoms. The standard InChI is InChI=1S/C15H19N3O4/c1-4-22-12-7-5-11(6-8-12)9-16(2)10-18-14(20)13(19)17(3)15(18)21/h5-8H,4,9-10H2,1-3H3. The van der Waals surface area contributed by atoms with Crippen LogP contribution in [-0.4, -0.2) is 59.9 Å². The van der Waals surface area contributed by atoms with E-state index in [2.05, 4.69) is 0 Å². The first-order valence-electron chi connectivity index (χ1n) is 6.97. The molecule has 0 saturated carbocycles. The summed E-state index contributed by atoms with van der Waals surface area (Å²) >= 11 is 0. The molecule has 1 fully saturated rings. The average molecular weight is 305 g/mol. The Kier molecular flexibility index (Phi) is 4.77. The Labute approximate surface area is 129 Å². The van der Waals surface area contributed by atoms with Crippen LogP contribution in [0, 0.1) is 0 Å². The quantitative estimate of drug-likeness (QED) is 0.577. The molecule has 0 radical (unpaired) electrons. The molecule has 0 bridgehead atoms. The molecule has 1 saturated heterocycles. The molecular weight excluding hydrogens is 286 g/mol. The first kappa shape index (κ1) is 16.0. The van der Waals surface area contributed by atoms with Crippen molar-refractivity contribution in [2.45, 2.75) is 13.5 Å². The summed E-state index contributed by atoms with van der Waals surface area (Å²) in [5.41, 5.74) is 1.02. The lowest BCUT2D eigenvalue weighted by atomic mass is 10.2. The molecule has 2 rings (SSSR count). The van der Waals surface area contributed by atoms with Gasteiger partial charge in [-0.15, -0.1) is 0 Å². The van der Waals surface area contributed by atoms with Gasteiger partial charge in [0.05, 0.1) is 13.3 Å². The van der Waals surface area contributed by atoms with Crippen molar-refractivity contribution >= 4 is 17.8 Å². The Bertz CT molecular complexity index is 585. The molecule has 1 aliphatic rings. The van der Waals surface area contributed by atoms with Crippen molar-refractivity contribution < 1.29 is 19.1 Å². The van der Waals surface area contributed by atoms with E-state index in [0.717, 1.165) is 21.1 Å². The average Bonchev–Trinajstić information content (AvgIpc) is 2.67. The highest BCUT2D eigenvalue weighted by Gasteiger charge is 2.42. The molecule has 0 aromatic heterocycles. The van der Waals surface area contributed by atoms with E-state index >= 15 is 0 Å². The van der Waals surface area contributed by atoms with Gasteiger partial charge in [0, 0.05) is 13.6 Å². The first-order chi connectivity index (χ1) is 10.4. The van der Waals surface area contributed by atoms with Crippen molar-refractivity contribution in [1.29, 1.82) is 0 Å². The number of carbonyl (C=O) groups excluding carboxylic acids is 3. The van der Waals surface area contributed by atoms with Gasteiger partial charge in [0.15, 0.2) is 0 Å².